The zero-order valence-corrected chi connectivity index (χ0v) is 10.4. The number of carbonyl (C=O) groups excluding carboxylic acids is 1. The molecule has 1 aromatic heterocycles. The number of carbonyl (C=O) groups is 1. The first-order valence-electron chi connectivity index (χ1n) is 5.90. The molecule has 0 spiro atoms. The summed E-state index contributed by atoms with van der Waals surface area (Å²) in [7, 11) is 0. The van der Waals surface area contributed by atoms with E-state index >= 15 is 0 Å². The largest absolute Gasteiger partial charge is 0.366 e. The third-order valence-corrected chi connectivity index (χ3v) is 3.19. The predicted molar refractivity (Wildman–Crippen MR) is 72.7 cm³/mol. The number of aryl methyl sites for hydroxylation is 1. The van der Waals surface area contributed by atoms with Crippen molar-refractivity contribution in [3.05, 3.63) is 53.7 Å². The highest BCUT2D eigenvalue weighted by atomic mass is 16.5. The number of hydrogen-bond acceptors (Lipinski definition) is 3. The monoisotopic (exact) mass is 252 g/mol. The van der Waals surface area contributed by atoms with Crippen molar-refractivity contribution in [3.8, 4) is 11.1 Å². The molecule has 0 saturated carbocycles. The van der Waals surface area contributed by atoms with Crippen LogP contribution in [-0.2, 0) is 0 Å². The van der Waals surface area contributed by atoms with Gasteiger partial charge in [0.2, 0.25) is 5.91 Å². The smallest absolute Gasteiger partial charge is 0.248 e. The first kappa shape index (κ1) is 11.5. The molecule has 3 aromatic rings. The molecule has 2 N–H and O–H groups in total. The van der Waals surface area contributed by atoms with Crippen LogP contribution in [0.3, 0.4) is 0 Å². The maximum absolute atomic E-state index is 11.3. The van der Waals surface area contributed by atoms with Gasteiger partial charge in [-0.25, -0.2) is 0 Å². The maximum atomic E-state index is 11.3. The zero-order chi connectivity index (χ0) is 13.4. The molecule has 94 valence electrons. The molecule has 1 amide bonds. The van der Waals surface area contributed by atoms with Gasteiger partial charge in [-0.1, -0.05) is 17.3 Å². The summed E-state index contributed by atoms with van der Waals surface area (Å²) in [5, 5.41) is 4.71. The normalized spacial score (nSPS) is 10.8. The van der Waals surface area contributed by atoms with Crippen molar-refractivity contribution in [2.24, 2.45) is 5.73 Å². The highest BCUT2D eigenvalue weighted by Gasteiger charge is 2.08. The van der Waals surface area contributed by atoms with Crippen LogP contribution in [0.5, 0.6) is 0 Å². The second kappa shape index (κ2) is 4.24. The molecule has 0 fully saturated rings. The Hall–Kier alpha value is -2.62. The lowest BCUT2D eigenvalue weighted by molar-refractivity contribution is 0.100. The molecule has 0 atom stereocenters. The number of fused-ring (bicyclic) bond motifs is 1. The van der Waals surface area contributed by atoms with Crippen molar-refractivity contribution in [1.82, 2.24) is 5.16 Å². The Morgan fingerprint density at radius 1 is 1.21 bits per heavy atom. The van der Waals surface area contributed by atoms with Gasteiger partial charge in [-0.2, -0.15) is 0 Å². The second-order valence-corrected chi connectivity index (χ2v) is 4.47. The van der Waals surface area contributed by atoms with Gasteiger partial charge in [0.15, 0.2) is 5.58 Å². The van der Waals surface area contributed by atoms with Crippen LogP contribution in [-0.4, -0.2) is 11.1 Å². The van der Waals surface area contributed by atoms with E-state index in [1.807, 2.05) is 31.2 Å². The number of primary amides is 1. The summed E-state index contributed by atoms with van der Waals surface area (Å²) >= 11 is 0. The molecule has 0 saturated heterocycles. The molecule has 3 rings (SSSR count). The average molecular weight is 252 g/mol. The van der Waals surface area contributed by atoms with E-state index in [-0.39, 0.29) is 0 Å². The SMILES string of the molecule is Cc1ccc(C(N)=O)cc1-c1ccc2cnoc2c1. The molecule has 1 heterocycles. The van der Waals surface area contributed by atoms with E-state index in [2.05, 4.69) is 5.16 Å². The minimum Gasteiger partial charge on any atom is -0.366 e. The van der Waals surface area contributed by atoms with Crippen LogP contribution in [0.25, 0.3) is 22.1 Å². The molecule has 0 aliphatic carbocycles. The minimum atomic E-state index is -0.429. The fourth-order valence-electron chi connectivity index (χ4n) is 2.11. The van der Waals surface area contributed by atoms with Gasteiger partial charge in [0.1, 0.15) is 0 Å². The Balaban J connectivity index is 2.19. The summed E-state index contributed by atoms with van der Waals surface area (Å²) in [6.45, 7) is 1.99. The van der Waals surface area contributed by atoms with Crippen molar-refractivity contribution in [2.45, 2.75) is 6.92 Å². The van der Waals surface area contributed by atoms with Gasteiger partial charge < -0.3 is 10.3 Å². The van der Waals surface area contributed by atoms with E-state index in [0.29, 0.717) is 5.56 Å². The third kappa shape index (κ3) is 1.97. The lowest BCUT2D eigenvalue weighted by Gasteiger charge is -2.07. The first-order valence-corrected chi connectivity index (χ1v) is 5.90. The van der Waals surface area contributed by atoms with Gasteiger partial charge in [-0.05, 0) is 47.9 Å². The number of hydrogen-bond donors (Lipinski definition) is 1. The van der Waals surface area contributed by atoms with Crippen LogP contribution in [0, 0.1) is 6.92 Å². The highest BCUT2D eigenvalue weighted by Crippen LogP contribution is 2.27. The summed E-state index contributed by atoms with van der Waals surface area (Å²) in [5.74, 6) is -0.429. The van der Waals surface area contributed by atoms with Crippen molar-refractivity contribution in [3.63, 3.8) is 0 Å². The lowest BCUT2D eigenvalue weighted by Crippen LogP contribution is -2.10. The van der Waals surface area contributed by atoms with Crippen LogP contribution in [0.4, 0.5) is 0 Å². The molecule has 0 aliphatic rings. The van der Waals surface area contributed by atoms with Crippen molar-refractivity contribution in [2.75, 3.05) is 0 Å². The van der Waals surface area contributed by atoms with Gasteiger partial charge in [0.25, 0.3) is 0 Å². The Morgan fingerprint density at radius 3 is 2.84 bits per heavy atom. The predicted octanol–water partition coefficient (Wildman–Crippen LogP) is 2.90. The first-order chi connectivity index (χ1) is 9.15. The molecule has 2 aromatic carbocycles. The van der Waals surface area contributed by atoms with Crippen LogP contribution >= 0.6 is 0 Å². The van der Waals surface area contributed by atoms with Crippen molar-refractivity contribution < 1.29 is 9.32 Å². The topological polar surface area (TPSA) is 69.1 Å². The standard InChI is InChI=1S/C15H12N2O2/c1-9-2-3-11(15(16)18)6-13(9)10-4-5-12-8-17-19-14(12)7-10/h2-8H,1H3,(H2,16,18). The Kier molecular flexibility index (Phi) is 2.56. The van der Waals surface area contributed by atoms with Gasteiger partial charge >= 0.3 is 0 Å². The van der Waals surface area contributed by atoms with E-state index in [0.717, 1.165) is 27.7 Å². The summed E-state index contributed by atoms with van der Waals surface area (Å²) in [6.07, 6.45) is 1.67. The number of rotatable bonds is 2. The fraction of sp³-hybridized carbons (Fsp3) is 0.0667. The molecular formula is C15H12N2O2. The molecule has 4 heteroatoms. The van der Waals surface area contributed by atoms with Crippen LogP contribution in [0.1, 0.15) is 15.9 Å². The Bertz CT molecular complexity index is 775. The summed E-state index contributed by atoms with van der Waals surface area (Å²) < 4.78 is 5.16. The zero-order valence-electron chi connectivity index (χ0n) is 10.4. The molecule has 19 heavy (non-hydrogen) atoms. The number of nitrogens with two attached hydrogens (primary N) is 1. The molecule has 0 aliphatic heterocycles. The van der Waals surface area contributed by atoms with E-state index in [4.69, 9.17) is 10.3 Å². The van der Waals surface area contributed by atoms with Gasteiger partial charge in [0, 0.05) is 10.9 Å². The quantitative estimate of drug-likeness (QED) is 0.762. The van der Waals surface area contributed by atoms with Crippen LogP contribution in [0.2, 0.25) is 0 Å². The second-order valence-electron chi connectivity index (χ2n) is 4.47. The Morgan fingerprint density at radius 2 is 2.05 bits per heavy atom. The van der Waals surface area contributed by atoms with Gasteiger partial charge in [0.05, 0.1) is 6.20 Å². The van der Waals surface area contributed by atoms with E-state index in [1.165, 1.54) is 0 Å². The highest BCUT2D eigenvalue weighted by molar-refractivity contribution is 5.95. The Labute approximate surface area is 109 Å². The van der Waals surface area contributed by atoms with Crippen LogP contribution in [0.15, 0.2) is 47.1 Å². The maximum Gasteiger partial charge on any atom is 0.248 e. The lowest BCUT2D eigenvalue weighted by atomic mass is 9.97. The van der Waals surface area contributed by atoms with Gasteiger partial charge in [-0.3, -0.25) is 4.79 Å². The summed E-state index contributed by atoms with van der Waals surface area (Å²) in [6, 6.07) is 11.3. The van der Waals surface area contributed by atoms with E-state index in [9.17, 15) is 4.79 Å². The average Bonchev–Trinajstić information content (AvgIpc) is 2.86. The molecule has 0 bridgehead atoms. The number of nitrogens with zero attached hydrogens (tertiary/aromatic N) is 1. The third-order valence-electron chi connectivity index (χ3n) is 3.19. The number of aromatic nitrogens is 1. The number of amides is 1. The van der Waals surface area contributed by atoms with Crippen molar-refractivity contribution in [1.29, 1.82) is 0 Å². The molecule has 0 radical (unpaired) electrons. The minimum absolute atomic E-state index is 0.429. The molecular weight excluding hydrogens is 240 g/mol. The van der Waals surface area contributed by atoms with E-state index in [1.54, 1.807) is 18.3 Å². The fourth-order valence-corrected chi connectivity index (χ4v) is 2.11. The molecule has 4 nitrogen and oxygen atoms in total. The molecule has 0 unspecified atom stereocenters. The van der Waals surface area contributed by atoms with Gasteiger partial charge in [-0.15, -0.1) is 0 Å². The summed E-state index contributed by atoms with van der Waals surface area (Å²) in [5.41, 5.74) is 9.56. The summed E-state index contributed by atoms with van der Waals surface area (Å²) in [4.78, 5) is 11.3. The van der Waals surface area contributed by atoms with Crippen LogP contribution < -0.4 is 5.73 Å². The van der Waals surface area contributed by atoms with E-state index < -0.39 is 5.91 Å². The number of benzene rings is 2. The van der Waals surface area contributed by atoms with Crippen molar-refractivity contribution >= 4 is 16.9 Å².